The fourth-order valence-electron chi connectivity index (χ4n) is 1.76. The van der Waals surface area contributed by atoms with Crippen LogP contribution in [0.2, 0.25) is 5.02 Å². The van der Waals surface area contributed by atoms with Crippen LogP contribution >= 0.6 is 11.6 Å². The van der Waals surface area contributed by atoms with Crippen LogP contribution in [0.1, 0.15) is 5.56 Å². The van der Waals surface area contributed by atoms with E-state index in [9.17, 15) is 0 Å². The Morgan fingerprint density at radius 1 is 0.913 bits per heavy atom. The smallest absolute Gasteiger partial charge is 0.145 e. The van der Waals surface area contributed by atoms with E-state index in [4.69, 9.17) is 34.5 Å². The highest BCUT2D eigenvalue weighted by molar-refractivity contribution is 6.30. The summed E-state index contributed by atoms with van der Waals surface area (Å²) in [6.07, 6.45) is 3.07. The zero-order valence-corrected chi connectivity index (χ0v) is 13.4. The summed E-state index contributed by atoms with van der Waals surface area (Å²) in [6.45, 7) is 0.597. The molecule has 8 N–H and O–H groups in total. The second-order valence-corrected chi connectivity index (χ2v) is 5.31. The summed E-state index contributed by atoms with van der Waals surface area (Å²) in [6, 6.07) is 7.53. The van der Waals surface area contributed by atoms with Crippen molar-refractivity contribution in [2.45, 2.75) is 6.54 Å². The van der Waals surface area contributed by atoms with E-state index >= 15 is 0 Å². The molecule has 122 valence electrons. The molecule has 23 heavy (non-hydrogen) atoms. The number of benzene rings is 1. The molecular formula is C14H19ClN8. The second-order valence-electron chi connectivity index (χ2n) is 4.88. The van der Waals surface area contributed by atoms with Crippen molar-refractivity contribution < 1.29 is 0 Å². The minimum Gasteiger partial charge on any atom is -0.394 e. The first-order valence-corrected chi connectivity index (χ1v) is 7.10. The van der Waals surface area contributed by atoms with Gasteiger partial charge < -0.3 is 22.9 Å². The fourth-order valence-corrected chi connectivity index (χ4v) is 1.89. The standard InChI is InChI=1S/C10H11ClN4.C4H8N4/c11-8-3-1-7(2-4-8)6-15-10(13)9(12)5-14-15;1-8-4(6)3(5)2-7-8/h1-5H,6,12-13H2;2H,5-6H2,1H3. The van der Waals surface area contributed by atoms with E-state index < -0.39 is 0 Å². The lowest BCUT2D eigenvalue weighted by Gasteiger charge is -2.04. The summed E-state index contributed by atoms with van der Waals surface area (Å²) in [5.41, 5.74) is 24.1. The number of anilines is 4. The summed E-state index contributed by atoms with van der Waals surface area (Å²) >= 11 is 5.78. The van der Waals surface area contributed by atoms with Gasteiger partial charge in [-0.25, -0.2) is 4.68 Å². The van der Waals surface area contributed by atoms with E-state index in [0.29, 0.717) is 34.6 Å². The number of aryl methyl sites for hydroxylation is 1. The van der Waals surface area contributed by atoms with Crippen molar-refractivity contribution in [3.8, 4) is 0 Å². The zero-order valence-electron chi connectivity index (χ0n) is 12.6. The molecule has 0 amide bonds. The van der Waals surface area contributed by atoms with Gasteiger partial charge in [0.2, 0.25) is 0 Å². The minimum absolute atomic E-state index is 0.491. The highest BCUT2D eigenvalue weighted by Crippen LogP contribution is 2.16. The van der Waals surface area contributed by atoms with Gasteiger partial charge in [0.15, 0.2) is 0 Å². The van der Waals surface area contributed by atoms with Gasteiger partial charge in [-0.05, 0) is 17.7 Å². The number of hydrogen-bond donors (Lipinski definition) is 4. The maximum atomic E-state index is 5.78. The number of aromatic nitrogens is 4. The highest BCUT2D eigenvalue weighted by atomic mass is 35.5. The van der Waals surface area contributed by atoms with E-state index in [0.717, 1.165) is 5.56 Å². The van der Waals surface area contributed by atoms with Crippen molar-refractivity contribution in [3.63, 3.8) is 0 Å². The Kier molecular flexibility index (Phi) is 4.97. The average Bonchev–Trinajstić information content (AvgIpc) is 3.00. The third-order valence-electron chi connectivity index (χ3n) is 3.17. The van der Waals surface area contributed by atoms with Gasteiger partial charge in [-0.1, -0.05) is 23.7 Å². The molecule has 0 aliphatic rings. The molecule has 1 aromatic carbocycles. The Bertz CT molecular complexity index is 755. The van der Waals surface area contributed by atoms with Gasteiger partial charge in [-0.2, -0.15) is 10.2 Å². The van der Waals surface area contributed by atoms with Crippen molar-refractivity contribution in [1.29, 1.82) is 0 Å². The zero-order chi connectivity index (χ0) is 17.0. The van der Waals surface area contributed by atoms with Gasteiger partial charge in [-0.15, -0.1) is 0 Å². The van der Waals surface area contributed by atoms with Crippen molar-refractivity contribution >= 4 is 34.6 Å². The fraction of sp³-hybridized carbons (Fsp3) is 0.143. The van der Waals surface area contributed by atoms with Gasteiger partial charge in [-0.3, -0.25) is 4.68 Å². The molecule has 0 saturated heterocycles. The number of hydrogen-bond acceptors (Lipinski definition) is 6. The molecule has 3 rings (SSSR count). The van der Waals surface area contributed by atoms with Crippen molar-refractivity contribution in [3.05, 3.63) is 47.2 Å². The maximum absolute atomic E-state index is 5.78. The van der Waals surface area contributed by atoms with E-state index in [1.165, 1.54) is 10.9 Å². The molecule has 3 aromatic rings. The summed E-state index contributed by atoms with van der Waals surface area (Å²) in [5.74, 6) is 1.01. The summed E-state index contributed by atoms with van der Waals surface area (Å²) in [5, 5.41) is 8.56. The van der Waals surface area contributed by atoms with E-state index in [1.54, 1.807) is 17.9 Å². The van der Waals surface area contributed by atoms with Gasteiger partial charge in [0.25, 0.3) is 0 Å². The number of rotatable bonds is 2. The number of nitrogen functional groups attached to an aromatic ring is 4. The van der Waals surface area contributed by atoms with Crippen LogP contribution in [0.5, 0.6) is 0 Å². The Morgan fingerprint density at radius 3 is 1.87 bits per heavy atom. The second kappa shape index (κ2) is 6.93. The first kappa shape index (κ1) is 16.5. The Morgan fingerprint density at radius 2 is 1.48 bits per heavy atom. The molecule has 0 atom stereocenters. The van der Waals surface area contributed by atoms with E-state index in [2.05, 4.69) is 10.2 Å². The maximum Gasteiger partial charge on any atom is 0.145 e. The van der Waals surface area contributed by atoms with Crippen LogP contribution in [0.4, 0.5) is 23.0 Å². The average molecular weight is 335 g/mol. The van der Waals surface area contributed by atoms with Crippen LogP contribution in [-0.2, 0) is 13.6 Å². The molecule has 8 nitrogen and oxygen atoms in total. The third kappa shape index (κ3) is 4.07. The summed E-state index contributed by atoms with van der Waals surface area (Å²) in [7, 11) is 1.74. The molecule has 2 aromatic heterocycles. The first-order valence-electron chi connectivity index (χ1n) is 6.72. The first-order chi connectivity index (χ1) is 10.9. The Labute approximate surface area is 138 Å². The minimum atomic E-state index is 0.491. The molecular weight excluding hydrogens is 316 g/mol. The van der Waals surface area contributed by atoms with Crippen molar-refractivity contribution in [2.24, 2.45) is 7.05 Å². The molecule has 0 saturated carbocycles. The lowest BCUT2D eigenvalue weighted by Crippen LogP contribution is -2.06. The molecule has 0 aliphatic carbocycles. The quantitative estimate of drug-likeness (QED) is 0.557. The van der Waals surface area contributed by atoms with Gasteiger partial charge in [0.1, 0.15) is 11.6 Å². The summed E-state index contributed by atoms with van der Waals surface area (Å²) in [4.78, 5) is 0. The third-order valence-corrected chi connectivity index (χ3v) is 3.42. The highest BCUT2D eigenvalue weighted by Gasteiger charge is 2.04. The number of nitrogens with zero attached hydrogens (tertiary/aromatic N) is 4. The Balaban J connectivity index is 0.000000203. The molecule has 0 fully saturated rings. The largest absolute Gasteiger partial charge is 0.394 e. The lowest BCUT2D eigenvalue weighted by atomic mass is 10.2. The molecule has 9 heteroatoms. The predicted octanol–water partition coefficient (Wildman–Crippen LogP) is 1.33. The Hall–Kier alpha value is -2.87. The summed E-state index contributed by atoms with van der Waals surface area (Å²) < 4.78 is 3.17. The van der Waals surface area contributed by atoms with Gasteiger partial charge in [0, 0.05) is 12.1 Å². The number of halogens is 1. The number of nitrogens with two attached hydrogens (primary N) is 4. The van der Waals surface area contributed by atoms with Crippen LogP contribution in [0.25, 0.3) is 0 Å². The monoisotopic (exact) mass is 334 g/mol. The van der Waals surface area contributed by atoms with E-state index in [-0.39, 0.29) is 0 Å². The van der Waals surface area contributed by atoms with Crippen LogP contribution in [0.3, 0.4) is 0 Å². The van der Waals surface area contributed by atoms with E-state index in [1.807, 2.05) is 24.3 Å². The normalized spacial score (nSPS) is 10.2. The van der Waals surface area contributed by atoms with Crippen LogP contribution in [-0.4, -0.2) is 19.6 Å². The van der Waals surface area contributed by atoms with Crippen molar-refractivity contribution in [1.82, 2.24) is 19.6 Å². The topological polar surface area (TPSA) is 140 Å². The molecule has 0 aliphatic heterocycles. The van der Waals surface area contributed by atoms with Gasteiger partial charge in [0.05, 0.1) is 30.3 Å². The molecule has 0 spiro atoms. The molecule has 2 heterocycles. The SMILES string of the molecule is Cn1ncc(N)c1N.Nc1cnn(Cc2ccc(Cl)cc2)c1N. The van der Waals surface area contributed by atoms with Crippen molar-refractivity contribution in [2.75, 3.05) is 22.9 Å². The molecule has 0 bridgehead atoms. The predicted molar refractivity (Wildman–Crippen MR) is 93.6 cm³/mol. The van der Waals surface area contributed by atoms with Crippen LogP contribution < -0.4 is 22.9 Å². The van der Waals surface area contributed by atoms with Crippen LogP contribution in [0, 0.1) is 0 Å². The van der Waals surface area contributed by atoms with Crippen LogP contribution in [0.15, 0.2) is 36.7 Å². The lowest BCUT2D eigenvalue weighted by molar-refractivity contribution is 0.697. The van der Waals surface area contributed by atoms with Gasteiger partial charge >= 0.3 is 0 Å². The molecule has 0 unspecified atom stereocenters. The molecule has 0 radical (unpaired) electrons.